The molecule has 1 aromatic heterocycles. The van der Waals surface area contributed by atoms with Gasteiger partial charge in [0.05, 0.1) is 5.41 Å². The Labute approximate surface area is 89.5 Å². The molecule has 0 radical (unpaired) electrons. The van der Waals surface area contributed by atoms with Gasteiger partial charge in [0.1, 0.15) is 5.69 Å². The van der Waals surface area contributed by atoms with E-state index in [0.717, 1.165) is 6.20 Å². The maximum absolute atomic E-state index is 12.7. The molecule has 6 heteroatoms. The van der Waals surface area contributed by atoms with Gasteiger partial charge < -0.3 is 5.73 Å². The third-order valence-electron chi connectivity index (χ3n) is 2.86. The minimum atomic E-state index is -4.26. The number of amides is 1. The topological polar surface area (TPSA) is 56.0 Å². The summed E-state index contributed by atoms with van der Waals surface area (Å²) in [6.45, 7) is 0. The van der Waals surface area contributed by atoms with Crippen LogP contribution in [0.2, 0.25) is 0 Å². The van der Waals surface area contributed by atoms with Gasteiger partial charge in [0, 0.05) is 6.20 Å². The third kappa shape index (κ3) is 1.54. The minimum Gasteiger partial charge on any atom is -0.364 e. The monoisotopic (exact) mass is 230 g/mol. The van der Waals surface area contributed by atoms with Crippen LogP contribution in [0.1, 0.15) is 28.9 Å². The van der Waals surface area contributed by atoms with Crippen molar-refractivity contribution in [1.82, 2.24) is 4.98 Å². The Hall–Kier alpha value is -1.59. The first-order valence-corrected chi connectivity index (χ1v) is 4.70. The maximum atomic E-state index is 12.7. The van der Waals surface area contributed by atoms with Crippen LogP contribution in [-0.4, -0.2) is 17.1 Å². The molecule has 0 unspecified atom stereocenters. The molecule has 1 saturated carbocycles. The summed E-state index contributed by atoms with van der Waals surface area (Å²) in [6, 6.07) is 2.50. The number of halogens is 3. The predicted octanol–water partition coefficient (Wildman–Crippen LogP) is 1.77. The molecule has 0 saturated heterocycles. The lowest BCUT2D eigenvalue weighted by Crippen LogP contribution is -2.29. The van der Waals surface area contributed by atoms with Gasteiger partial charge in [-0.15, -0.1) is 0 Å². The van der Waals surface area contributed by atoms with E-state index in [-0.39, 0.29) is 24.1 Å². The van der Waals surface area contributed by atoms with Gasteiger partial charge in [-0.2, -0.15) is 13.2 Å². The van der Waals surface area contributed by atoms with E-state index in [9.17, 15) is 18.0 Å². The van der Waals surface area contributed by atoms with Crippen molar-refractivity contribution < 1.29 is 18.0 Å². The zero-order valence-electron chi connectivity index (χ0n) is 8.21. The number of nitrogens with zero attached hydrogens (tertiary/aromatic N) is 1. The number of nitrogens with two attached hydrogens (primary N) is 1. The van der Waals surface area contributed by atoms with Crippen molar-refractivity contribution in [3.63, 3.8) is 0 Å². The molecule has 0 spiro atoms. The lowest BCUT2D eigenvalue weighted by atomic mass is 9.97. The molecule has 1 fully saturated rings. The number of alkyl halides is 3. The molecule has 2 N–H and O–H groups in total. The molecule has 1 aliphatic carbocycles. The lowest BCUT2D eigenvalue weighted by Gasteiger charge is -2.19. The van der Waals surface area contributed by atoms with Gasteiger partial charge in [-0.3, -0.25) is 9.78 Å². The van der Waals surface area contributed by atoms with Gasteiger partial charge in [0.2, 0.25) is 0 Å². The summed E-state index contributed by atoms with van der Waals surface area (Å²) in [5, 5.41) is 0. The Morgan fingerprint density at radius 2 is 2.00 bits per heavy atom. The SMILES string of the molecule is NC(=O)c1ccc(C2(C(F)(F)F)CC2)cn1. The third-order valence-corrected chi connectivity index (χ3v) is 2.86. The van der Waals surface area contributed by atoms with Crippen LogP contribution in [0.3, 0.4) is 0 Å². The maximum Gasteiger partial charge on any atom is 0.398 e. The quantitative estimate of drug-likeness (QED) is 0.841. The van der Waals surface area contributed by atoms with Crippen LogP contribution in [-0.2, 0) is 5.41 Å². The fraction of sp³-hybridized carbons (Fsp3) is 0.400. The van der Waals surface area contributed by atoms with Crippen molar-refractivity contribution in [1.29, 1.82) is 0 Å². The van der Waals surface area contributed by atoms with Crippen LogP contribution in [0, 0.1) is 0 Å². The van der Waals surface area contributed by atoms with Gasteiger partial charge in [-0.25, -0.2) is 0 Å². The number of carbonyl (C=O) groups is 1. The Morgan fingerprint density at radius 1 is 1.38 bits per heavy atom. The average molecular weight is 230 g/mol. The molecule has 0 atom stereocenters. The van der Waals surface area contributed by atoms with Gasteiger partial charge >= 0.3 is 6.18 Å². The summed E-state index contributed by atoms with van der Waals surface area (Å²) < 4.78 is 38.2. The van der Waals surface area contributed by atoms with Crippen LogP contribution >= 0.6 is 0 Å². The predicted molar refractivity (Wildman–Crippen MR) is 49.7 cm³/mol. The van der Waals surface area contributed by atoms with E-state index in [0.29, 0.717) is 0 Å². The van der Waals surface area contributed by atoms with Crippen molar-refractivity contribution in [2.75, 3.05) is 0 Å². The minimum absolute atomic E-state index is 0.0262. The highest BCUT2D eigenvalue weighted by molar-refractivity contribution is 5.90. The van der Waals surface area contributed by atoms with Gasteiger partial charge in [0.25, 0.3) is 5.91 Å². The summed E-state index contributed by atoms with van der Waals surface area (Å²) in [6.07, 6.45) is -3.02. The standard InChI is InChI=1S/C10H9F3N2O/c11-10(12,13)9(3-4-9)6-1-2-7(8(14)16)15-5-6/h1-2,5H,3-4H2,(H2,14,16). The largest absolute Gasteiger partial charge is 0.398 e. The average Bonchev–Trinajstić information content (AvgIpc) is 2.97. The van der Waals surface area contributed by atoms with E-state index in [2.05, 4.69) is 4.98 Å². The van der Waals surface area contributed by atoms with E-state index in [1.165, 1.54) is 12.1 Å². The first-order chi connectivity index (χ1) is 7.37. The molecule has 2 rings (SSSR count). The molecule has 86 valence electrons. The normalized spacial score (nSPS) is 18.2. The van der Waals surface area contributed by atoms with E-state index in [1.807, 2.05) is 0 Å². The summed E-state index contributed by atoms with van der Waals surface area (Å²) in [7, 11) is 0. The molecule has 3 nitrogen and oxygen atoms in total. The molecule has 16 heavy (non-hydrogen) atoms. The number of rotatable bonds is 2. The molecule has 0 aromatic carbocycles. The van der Waals surface area contributed by atoms with Crippen molar-refractivity contribution >= 4 is 5.91 Å². The smallest absolute Gasteiger partial charge is 0.364 e. The number of primary amides is 1. The Balaban J connectivity index is 2.33. The van der Waals surface area contributed by atoms with Gasteiger partial charge in [-0.05, 0) is 24.5 Å². The number of carbonyl (C=O) groups excluding carboxylic acids is 1. The molecule has 0 aliphatic heterocycles. The van der Waals surface area contributed by atoms with E-state index in [4.69, 9.17) is 5.73 Å². The summed E-state index contributed by atoms with van der Waals surface area (Å²) in [5.41, 5.74) is 3.27. The number of pyridine rings is 1. The molecule has 1 amide bonds. The fourth-order valence-electron chi connectivity index (χ4n) is 1.68. The van der Waals surface area contributed by atoms with E-state index < -0.39 is 17.5 Å². The van der Waals surface area contributed by atoms with Gasteiger partial charge in [-0.1, -0.05) is 6.07 Å². The van der Waals surface area contributed by atoms with Crippen LogP contribution in [0.15, 0.2) is 18.3 Å². The van der Waals surface area contributed by atoms with Crippen molar-refractivity contribution in [2.24, 2.45) is 5.73 Å². The number of hydrogen-bond donors (Lipinski definition) is 1. The van der Waals surface area contributed by atoms with Crippen LogP contribution in [0.25, 0.3) is 0 Å². The zero-order valence-corrected chi connectivity index (χ0v) is 8.21. The highest BCUT2D eigenvalue weighted by atomic mass is 19.4. The fourth-order valence-corrected chi connectivity index (χ4v) is 1.68. The number of hydrogen-bond acceptors (Lipinski definition) is 2. The van der Waals surface area contributed by atoms with Crippen LogP contribution in [0.4, 0.5) is 13.2 Å². The Kier molecular flexibility index (Phi) is 2.18. The molecule has 1 heterocycles. The first-order valence-electron chi connectivity index (χ1n) is 4.70. The zero-order chi connectivity index (χ0) is 12.0. The molecule has 1 aromatic rings. The molecule has 1 aliphatic rings. The summed E-state index contributed by atoms with van der Waals surface area (Å²) in [5.74, 6) is -0.747. The van der Waals surface area contributed by atoms with Gasteiger partial charge in [0.15, 0.2) is 0 Å². The first kappa shape index (κ1) is 10.9. The molecule has 0 bridgehead atoms. The molecular formula is C10H9F3N2O. The number of aromatic nitrogens is 1. The van der Waals surface area contributed by atoms with Crippen molar-refractivity contribution in [3.05, 3.63) is 29.6 Å². The second kappa shape index (κ2) is 3.20. The van der Waals surface area contributed by atoms with Crippen molar-refractivity contribution in [3.8, 4) is 0 Å². The highest BCUT2D eigenvalue weighted by Crippen LogP contribution is 2.58. The van der Waals surface area contributed by atoms with Crippen molar-refractivity contribution in [2.45, 2.75) is 24.4 Å². The second-order valence-electron chi connectivity index (χ2n) is 3.88. The van der Waals surface area contributed by atoms with Crippen LogP contribution in [0.5, 0.6) is 0 Å². The van der Waals surface area contributed by atoms with E-state index in [1.54, 1.807) is 0 Å². The summed E-state index contributed by atoms with van der Waals surface area (Å²) >= 11 is 0. The van der Waals surface area contributed by atoms with Crippen LogP contribution < -0.4 is 5.73 Å². The Bertz CT molecular complexity index is 421. The Morgan fingerprint density at radius 3 is 2.31 bits per heavy atom. The van der Waals surface area contributed by atoms with E-state index >= 15 is 0 Å². The highest BCUT2D eigenvalue weighted by Gasteiger charge is 2.64. The molecular weight excluding hydrogens is 221 g/mol. The lowest BCUT2D eigenvalue weighted by molar-refractivity contribution is -0.160. The summed E-state index contributed by atoms with van der Waals surface area (Å²) in [4.78, 5) is 14.3. The second-order valence-corrected chi connectivity index (χ2v) is 3.88.